The molecule has 82 valence electrons. The van der Waals surface area contributed by atoms with Crippen LogP contribution < -0.4 is 5.32 Å². The van der Waals surface area contributed by atoms with Crippen LogP contribution in [0.2, 0.25) is 0 Å². The fraction of sp³-hybridized carbons (Fsp3) is 1.00. The summed E-state index contributed by atoms with van der Waals surface area (Å²) in [6, 6.07) is 1.62. The maximum absolute atomic E-state index is 3.42. The minimum absolute atomic E-state index is 0.767. The highest BCUT2D eigenvalue weighted by molar-refractivity contribution is 4.85. The van der Waals surface area contributed by atoms with Crippen LogP contribution in [-0.2, 0) is 0 Å². The first-order valence-corrected chi connectivity index (χ1v) is 5.92. The van der Waals surface area contributed by atoms with E-state index in [1.54, 1.807) is 0 Å². The smallest absolute Gasteiger partial charge is 0.0123 e. The number of piperazine rings is 1. The van der Waals surface area contributed by atoms with Crippen LogP contribution in [0.1, 0.15) is 19.8 Å². The third-order valence-corrected chi connectivity index (χ3v) is 3.85. The largest absolute Gasteiger partial charge is 0.314 e. The van der Waals surface area contributed by atoms with Gasteiger partial charge in [0.05, 0.1) is 0 Å². The average Bonchev–Trinajstić information content (AvgIpc) is 2.23. The molecule has 2 aliphatic heterocycles. The van der Waals surface area contributed by atoms with E-state index in [1.807, 2.05) is 0 Å². The van der Waals surface area contributed by atoms with Gasteiger partial charge in [0, 0.05) is 38.3 Å². The second-order valence-corrected chi connectivity index (χ2v) is 4.79. The summed E-state index contributed by atoms with van der Waals surface area (Å²) in [5, 5.41) is 3.42. The monoisotopic (exact) mass is 197 g/mol. The molecule has 0 radical (unpaired) electrons. The van der Waals surface area contributed by atoms with Gasteiger partial charge in [-0.25, -0.2) is 0 Å². The van der Waals surface area contributed by atoms with Gasteiger partial charge in [0.25, 0.3) is 0 Å². The van der Waals surface area contributed by atoms with Crippen LogP contribution in [0.5, 0.6) is 0 Å². The average molecular weight is 197 g/mol. The van der Waals surface area contributed by atoms with Gasteiger partial charge < -0.3 is 10.2 Å². The molecule has 0 aromatic carbocycles. The molecule has 0 amide bonds. The minimum Gasteiger partial charge on any atom is -0.314 e. The summed E-state index contributed by atoms with van der Waals surface area (Å²) >= 11 is 0. The molecule has 0 unspecified atom stereocenters. The Hall–Kier alpha value is -0.120. The zero-order chi connectivity index (χ0) is 9.97. The Morgan fingerprint density at radius 1 is 1.14 bits per heavy atom. The zero-order valence-electron chi connectivity index (χ0n) is 9.50. The van der Waals surface area contributed by atoms with Crippen molar-refractivity contribution in [2.75, 3.05) is 39.8 Å². The normalized spacial score (nSPS) is 37.3. The van der Waals surface area contributed by atoms with E-state index in [9.17, 15) is 0 Å². The second kappa shape index (κ2) is 4.60. The molecule has 2 atom stereocenters. The van der Waals surface area contributed by atoms with E-state index in [1.165, 1.54) is 45.6 Å². The molecule has 0 spiro atoms. The van der Waals surface area contributed by atoms with Crippen molar-refractivity contribution in [1.82, 2.24) is 15.1 Å². The molecule has 0 aromatic heterocycles. The molecule has 3 heteroatoms. The van der Waals surface area contributed by atoms with E-state index < -0.39 is 0 Å². The van der Waals surface area contributed by atoms with E-state index in [0.29, 0.717) is 0 Å². The number of piperidine rings is 1. The molecular weight excluding hydrogens is 174 g/mol. The first-order chi connectivity index (χ1) is 6.77. The lowest BCUT2D eigenvalue weighted by atomic mass is 9.97. The topological polar surface area (TPSA) is 18.5 Å². The molecule has 1 N–H and O–H groups in total. The van der Waals surface area contributed by atoms with Crippen LogP contribution in [0.3, 0.4) is 0 Å². The molecule has 0 saturated carbocycles. The summed E-state index contributed by atoms with van der Waals surface area (Å²) in [6.45, 7) is 8.49. The van der Waals surface area contributed by atoms with Crippen LogP contribution in [0, 0.1) is 0 Å². The first-order valence-electron chi connectivity index (χ1n) is 5.92. The van der Waals surface area contributed by atoms with Crippen LogP contribution in [-0.4, -0.2) is 61.7 Å². The van der Waals surface area contributed by atoms with Crippen LogP contribution >= 0.6 is 0 Å². The first kappa shape index (κ1) is 10.4. The molecule has 2 saturated heterocycles. The Balaban J connectivity index is 1.85. The third kappa shape index (κ3) is 2.27. The van der Waals surface area contributed by atoms with E-state index in [2.05, 4.69) is 29.1 Å². The molecule has 0 aromatic rings. The van der Waals surface area contributed by atoms with Crippen molar-refractivity contribution in [2.24, 2.45) is 0 Å². The standard InChI is InChI=1S/C11H23N3/c1-10-9-11(3-6-13(10)2)14-7-4-12-5-8-14/h10-12H,3-9H2,1-2H3/t10-,11+/m0/s1. The van der Waals surface area contributed by atoms with E-state index >= 15 is 0 Å². The lowest BCUT2D eigenvalue weighted by molar-refractivity contribution is 0.0795. The fourth-order valence-corrected chi connectivity index (χ4v) is 2.64. The number of hydrogen-bond donors (Lipinski definition) is 1. The number of rotatable bonds is 1. The van der Waals surface area contributed by atoms with Crippen molar-refractivity contribution in [3.05, 3.63) is 0 Å². The molecule has 2 rings (SSSR count). The van der Waals surface area contributed by atoms with Crippen molar-refractivity contribution >= 4 is 0 Å². The van der Waals surface area contributed by atoms with Crippen LogP contribution in [0.15, 0.2) is 0 Å². The van der Waals surface area contributed by atoms with Gasteiger partial charge in [0.2, 0.25) is 0 Å². The maximum atomic E-state index is 3.42. The van der Waals surface area contributed by atoms with Gasteiger partial charge in [-0.05, 0) is 33.4 Å². The van der Waals surface area contributed by atoms with Crippen molar-refractivity contribution in [2.45, 2.75) is 31.8 Å². The Morgan fingerprint density at radius 3 is 2.50 bits per heavy atom. The Labute approximate surface area is 87.4 Å². The summed E-state index contributed by atoms with van der Waals surface area (Å²) in [7, 11) is 2.25. The van der Waals surface area contributed by atoms with Gasteiger partial charge in [0.1, 0.15) is 0 Å². The van der Waals surface area contributed by atoms with Crippen molar-refractivity contribution in [3.8, 4) is 0 Å². The highest BCUT2D eigenvalue weighted by atomic mass is 15.2. The Bertz CT molecular complexity index is 177. The predicted molar refractivity (Wildman–Crippen MR) is 59.6 cm³/mol. The van der Waals surface area contributed by atoms with Gasteiger partial charge in [-0.15, -0.1) is 0 Å². The molecule has 0 aliphatic carbocycles. The SMILES string of the molecule is C[C@H]1C[C@H](N2CCNCC2)CCN1C. The zero-order valence-corrected chi connectivity index (χ0v) is 9.50. The summed E-state index contributed by atoms with van der Waals surface area (Å²) < 4.78 is 0. The lowest BCUT2D eigenvalue weighted by Crippen LogP contribution is -2.53. The molecule has 2 aliphatic rings. The minimum atomic E-state index is 0.767. The molecule has 2 fully saturated rings. The summed E-state index contributed by atoms with van der Waals surface area (Å²) in [4.78, 5) is 5.17. The van der Waals surface area contributed by atoms with E-state index in [-0.39, 0.29) is 0 Å². The van der Waals surface area contributed by atoms with Crippen molar-refractivity contribution in [3.63, 3.8) is 0 Å². The van der Waals surface area contributed by atoms with Crippen molar-refractivity contribution in [1.29, 1.82) is 0 Å². The van der Waals surface area contributed by atoms with Gasteiger partial charge in [-0.2, -0.15) is 0 Å². The maximum Gasteiger partial charge on any atom is 0.0123 e. The van der Waals surface area contributed by atoms with Crippen LogP contribution in [0.25, 0.3) is 0 Å². The van der Waals surface area contributed by atoms with Gasteiger partial charge in [-0.1, -0.05) is 0 Å². The highest BCUT2D eigenvalue weighted by Gasteiger charge is 2.27. The predicted octanol–water partition coefficient (Wildman–Crippen LogP) is 0.374. The highest BCUT2D eigenvalue weighted by Crippen LogP contribution is 2.20. The second-order valence-electron chi connectivity index (χ2n) is 4.79. The van der Waals surface area contributed by atoms with Crippen LogP contribution in [0.4, 0.5) is 0 Å². The van der Waals surface area contributed by atoms with Gasteiger partial charge in [-0.3, -0.25) is 4.90 Å². The molecule has 3 nitrogen and oxygen atoms in total. The third-order valence-electron chi connectivity index (χ3n) is 3.85. The number of nitrogens with one attached hydrogen (secondary N) is 1. The summed E-state index contributed by atoms with van der Waals surface area (Å²) in [6.07, 6.45) is 2.72. The molecule has 0 bridgehead atoms. The molecule has 14 heavy (non-hydrogen) atoms. The van der Waals surface area contributed by atoms with Gasteiger partial charge in [0.15, 0.2) is 0 Å². The van der Waals surface area contributed by atoms with E-state index in [4.69, 9.17) is 0 Å². The Morgan fingerprint density at radius 2 is 1.86 bits per heavy atom. The Kier molecular flexibility index (Phi) is 3.42. The van der Waals surface area contributed by atoms with E-state index in [0.717, 1.165) is 12.1 Å². The summed E-state index contributed by atoms with van der Waals surface area (Å²) in [5.74, 6) is 0. The fourth-order valence-electron chi connectivity index (χ4n) is 2.64. The molecule has 2 heterocycles. The summed E-state index contributed by atoms with van der Waals surface area (Å²) in [5.41, 5.74) is 0. The van der Waals surface area contributed by atoms with Crippen molar-refractivity contribution < 1.29 is 0 Å². The quantitative estimate of drug-likeness (QED) is 0.655. The number of likely N-dealkylation sites (tertiary alicyclic amines) is 1. The number of hydrogen-bond acceptors (Lipinski definition) is 3. The lowest BCUT2D eigenvalue weighted by Gasteiger charge is -2.42. The number of nitrogens with zero attached hydrogens (tertiary/aromatic N) is 2. The van der Waals surface area contributed by atoms with Gasteiger partial charge >= 0.3 is 0 Å². The molecular formula is C11H23N3.